The van der Waals surface area contributed by atoms with Gasteiger partial charge in [0.05, 0.1) is 10.3 Å². The second-order valence-corrected chi connectivity index (χ2v) is 8.56. The Hall–Kier alpha value is -3.49. The second-order valence-electron chi connectivity index (χ2n) is 6.68. The first kappa shape index (κ1) is 19.5. The molecule has 0 unspecified atom stereocenters. The van der Waals surface area contributed by atoms with Gasteiger partial charge in [0.15, 0.2) is 10.9 Å². The summed E-state index contributed by atoms with van der Waals surface area (Å²) in [6.07, 6.45) is 5.25. The van der Waals surface area contributed by atoms with Crippen LogP contribution in [0.5, 0.6) is 0 Å². The first-order valence-corrected chi connectivity index (χ1v) is 11.2. The van der Waals surface area contributed by atoms with E-state index < -0.39 is 0 Å². The fourth-order valence-corrected chi connectivity index (χ4v) is 4.78. The normalized spacial score (nSPS) is 16.6. The molecule has 0 N–H and O–H groups in total. The van der Waals surface area contributed by atoms with Crippen molar-refractivity contribution < 1.29 is 9.32 Å². The molecule has 0 aliphatic carbocycles. The van der Waals surface area contributed by atoms with Crippen LogP contribution in [0.3, 0.4) is 0 Å². The Morgan fingerprint density at radius 1 is 1.19 bits per heavy atom. The van der Waals surface area contributed by atoms with E-state index in [1.54, 1.807) is 17.2 Å². The van der Waals surface area contributed by atoms with Gasteiger partial charge >= 0.3 is 0 Å². The highest BCUT2D eigenvalue weighted by molar-refractivity contribution is 8.18. The van der Waals surface area contributed by atoms with E-state index in [9.17, 15) is 4.79 Å². The first-order chi connectivity index (χ1) is 15.2. The number of hydrogen-bond acceptors (Lipinski definition) is 7. The summed E-state index contributed by atoms with van der Waals surface area (Å²) in [6.45, 7) is 4.14. The summed E-state index contributed by atoms with van der Waals surface area (Å²) >= 11 is 2.76. The Labute approximate surface area is 186 Å². The van der Waals surface area contributed by atoms with Crippen LogP contribution in [0.15, 0.2) is 87.2 Å². The predicted molar refractivity (Wildman–Crippen MR) is 126 cm³/mol. The number of amidine groups is 1. The Kier molecular flexibility index (Phi) is 5.23. The minimum Gasteiger partial charge on any atom is -0.355 e. The maximum atomic E-state index is 13.0. The first-order valence-electron chi connectivity index (χ1n) is 9.48. The number of carbonyl (C=O) groups is 1. The van der Waals surface area contributed by atoms with E-state index in [1.165, 1.54) is 23.1 Å². The molecule has 2 aromatic carbocycles. The molecule has 1 amide bonds. The molecule has 0 spiro atoms. The van der Waals surface area contributed by atoms with E-state index in [-0.39, 0.29) is 5.91 Å². The van der Waals surface area contributed by atoms with Crippen LogP contribution in [-0.2, 0) is 4.79 Å². The molecule has 2 aromatic heterocycles. The molecular formula is C23H16N4O2S2. The van der Waals surface area contributed by atoms with Gasteiger partial charge in [0, 0.05) is 23.7 Å². The van der Waals surface area contributed by atoms with E-state index in [4.69, 9.17) is 4.52 Å². The summed E-state index contributed by atoms with van der Waals surface area (Å²) in [5.74, 6) is 0.606. The molecule has 1 fully saturated rings. The summed E-state index contributed by atoms with van der Waals surface area (Å²) < 4.78 is 5.58. The number of carbonyl (C=O) groups excluding carboxylic acids is 1. The summed E-state index contributed by atoms with van der Waals surface area (Å²) in [5.41, 5.74) is 2.61. The van der Waals surface area contributed by atoms with Crippen molar-refractivity contribution in [2.45, 2.75) is 0 Å². The van der Waals surface area contributed by atoms with Gasteiger partial charge in [0.1, 0.15) is 5.52 Å². The van der Waals surface area contributed by atoms with E-state index in [1.807, 2.05) is 60.0 Å². The van der Waals surface area contributed by atoms with Gasteiger partial charge in [-0.3, -0.25) is 9.69 Å². The fourth-order valence-electron chi connectivity index (χ4n) is 3.23. The van der Waals surface area contributed by atoms with Crippen LogP contribution in [0, 0.1) is 0 Å². The fraction of sp³-hybridized carbons (Fsp3) is 0.0435. The average molecular weight is 445 g/mol. The van der Waals surface area contributed by atoms with Crippen LogP contribution in [0.4, 0.5) is 5.13 Å². The zero-order valence-corrected chi connectivity index (χ0v) is 17.9. The molecule has 8 heteroatoms. The number of rotatable bonds is 5. The van der Waals surface area contributed by atoms with Crippen LogP contribution in [0.2, 0.25) is 0 Å². The highest BCUT2D eigenvalue weighted by atomic mass is 32.2. The lowest BCUT2D eigenvalue weighted by molar-refractivity contribution is -0.121. The molecule has 152 valence electrons. The minimum atomic E-state index is -0.103. The smallest absolute Gasteiger partial charge is 0.267 e. The predicted octanol–water partition coefficient (Wildman–Crippen LogP) is 5.74. The molecule has 6 nitrogen and oxygen atoms in total. The molecule has 1 saturated heterocycles. The Bertz CT molecular complexity index is 1320. The van der Waals surface area contributed by atoms with Crippen molar-refractivity contribution in [1.29, 1.82) is 0 Å². The van der Waals surface area contributed by atoms with Crippen molar-refractivity contribution in [2.24, 2.45) is 4.99 Å². The summed E-state index contributed by atoms with van der Waals surface area (Å²) in [4.78, 5) is 23.9. The highest BCUT2D eigenvalue weighted by Gasteiger charge is 2.32. The molecular weight excluding hydrogens is 428 g/mol. The quantitative estimate of drug-likeness (QED) is 0.290. The molecule has 1 aliphatic heterocycles. The molecule has 4 aromatic rings. The highest BCUT2D eigenvalue weighted by Crippen LogP contribution is 2.35. The average Bonchev–Trinajstić information content (AvgIpc) is 3.51. The molecule has 3 heterocycles. The third kappa shape index (κ3) is 3.83. The number of nitrogens with zero attached hydrogens (tertiary/aromatic N) is 4. The molecule has 1 aliphatic rings. The number of benzene rings is 2. The number of amides is 1. The minimum absolute atomic E-state index is 0.103. The number of aliphatic imine (C=N–C) groups is 1. The number of fused-ring (bicyclic) bond motifs is 1. The third-order valence-corrected chi connectivity index (χ3v) is 6.32. The van der Waals surface area contributed by atoms with E-state index in [0.29, 0.717) is 27.5 Å². The van der Waals surface area contributed by atoms with Gasteiger partial charge in [-0.1, -0.05) is 47.6 Å². The van der Waals surface area contributed by atoms with Gasteiger partial charge in [-0.2, -0.15) is 4.99 Å². The largest absolute Gasteiger partial charge is 0.355 e. The molecule has 0 atom stereocenters. The monoisotopic (exact) mass is 444 g/mol. The third-order valence-electron chi connectivity index (χ3n) is 4.64. The Morgan fingerprint density at radius 2 is 2.06 bits per heavy atom. The van der Waals surface area contributed by atoms with Gasteiger partial charge < -0.3 is 4.52 Å². The summed E-state index contributed by atoms with van der Waals surface area (Å²) in [7, 11) is 0. The van der Waals surface area contributed by atoms with Crippen molar-refractivity contribution >= 4 is 56.3 Å². The number of hydrogen-bond donors (Lipinski definition) is 0. The van der Waals surface area contributed by atoms with Crippen molar-refractivity contribution in [3.05, 3.63) is 83.2 Å². The molecule has 0 radical (unpaired) electrons. The van der Waals surface area contributed by atoms with Gasteiger partial charge in [-0.05, 0) is 35.5 Å². The zero-order chi connectivity index (χ0) is 21.2. The molecule has 31 heavy (non-hydrogen) atoms. The maximum Gasteiger partial charge on any atom is 0.267 e. The number of aromatic nitrogens is 2. The topological polar surface area (TPSA) is 71.6 Å². The lowest BCUT2D eigenvalue weighted by atomic mass is 10.1. The maximum absolute atomic E-state index is 13.0. The Morgan fingerprint density at radius 3 is 2.84 bits per heavy atom. The SMILES string of the molecule is C=CCN1C(=O)/C(=C/c2ccc3noc(-c4ccccc4)c3c2)S/C1=N/c1nccs1. The van der Waals surface area contributed by atoms with Crippen molar-refractivity contribution in [3.63, 3.8) is 0 Å². The van der Waals surface area contributed by atoms with E-state index in [2.05, 4.69) is 21.7 Å². The van der Waals surface area contributed by atoms with Crippen LogP contribution >= 0.6 is 23.1 Å². The van der Waals surface area contributed by atoms with Crippen LogP contribution in [0.25, 0.3) is 28.3 Å². The van der Waals surface area contributed by atoms with Crippen LogP contribution in [-0.4, -0.2) is 32.7 Å². The number of thiazole rings is 1. The van der Waals surface area contributed by atoms with Gasteiger partial charge in [-0.25, -0.2) is 4.98 Å². The van der Waals surface area contributed by atoms with Crippen molar-refractivity contribution in [3.8, 4) is 11.3 Å². The molecule has 0 bridgehead atoms. The molecule has 5 rings (SSSR count). The lowest BCUT2D eigenvalue weighted by Crippen LogP contribution is -2.29. The van der Waals surface area contributed by atoms with E-state index >= 15 is 0 Å². The van der Waals surface area contributed by atoms with Gasteiger partial charge in [0.2, 0.25) is 5.13 Å². The van der Waals surface area contributed by atoms with Gasteiger partial charge in [0.25, 0.3) is 5.91 Å². The second kappa shape index (κ2) is 8.33. The standard InChI is InChI=1S/C23H16N4O2S2/c1-2-11-27-21(28)19(31-23(27)25-22-24-10-12-30-22)14-15-8-9-18-17(13-15)20(29-26-18)16-6-4-3-5-7-16/h2-10,12-14H,1,11H2/b19-14-,25-23+. The van der Waals surface area contributed by atoms with Crippen LogP contribution in [0.1, 0.15) is 5.56 Å². The zero-order valence-electron chi connectivity index (χ0n) is 16.3. The number of thioether (sulfide) groups is 1. The Balaban J connectivity index is 1.52. The van der Waals surface area contributed by atoms with E-state index in [0.717, 1.165) is 22.0 Å². The molecule has 0 saturated carbocycles. The lowest BCUT2D eigenvalue weighted by Gasteiger charge is -2.11. The van der Waals surface area contributed by atoms with Gasteiger partial charge in [-0.15, -0.1) is 17.9 Å². The van der Waals surface area contributed by atoms with Crippen molar-refractivity contribution in [1.82, 2.24) is 15.0 Å². The van der Waals surface area contributed by atoms with Crippen LogP contribution < -0.4 is 0 Å². The summed E-state index contributed by atoms with van der Waals surface area (Å²) in [5, 5.41) is 8.13. The van der Waals surface area contributed by atoms with Crippen molar-refractivity contribution in [2.75, 3.05) is 6.54 Å². The summed E-state index contributed by atoms with van der Waals surface area (Å²) in [6, 6.07) is 15.7.